The zero-order valence-corrected chi connectivity index (χ0v) is 16.6. The van der Waals surface area contributed by atoms with Gasteiger partial charge in [-0.3, -0.25) is 9.79 Å². The summed E-state index contributed by atoms with van der Waals surface area (Å²) in [5.41, 5.74) is 0.644. The lowest BCUT2D eigenvalue weighted by atomic mass is 10.1. The normalized spacial score (nSPS) is 16.8. The van der Waals surface area contributed by atoms with Gasteiger partial charge in [-0.25, -0.2) is 0 Å². The highest BCUT2D eigenvalue weighted by Crippen LogP contribution is 2.32. The minimum absolute atomic E-state index is 0.166. The molecule has 1 saturated heterocycles. The predicted molar refractivity (Wildman–Crippen MR) is 112 cm³/mol. The molecule has 4 rings (SSSR count). The van der Waals surface area contributed by atoms with E-state index in [1.165, 1.54) is 12.1 Å². The van der Waals surface area contributed by atoms with Gasteiger partial charge in [-0.05, 0) is 53.7 Å². The van der Waals surface area contributed by atoms with Crippen molar-refractivity contribution in [2.45, 2.75) is 12.7 Å². The molecule has 0 spiro atoms. The van der Waals surface area contributed by atoms with E-state index in [0.717, 1.165) is 29.5 Å². The first-order chi connectivity index (χ1) is 14.8. The van der Waals surface area contributed by atoms with Gasteiger partial charge in [0.05, 0.1) is 17.0 Å². The zero-order chi connectivity index (χ0) is 22.0. The number of phenols is 1. The van der Waals surface area contributed by atoms with Gasteiger partial charge in [0.25, 0.3) is 5.91 Å². The van der Waals surface area contributed by atoms with Crippen molar-refractivity contribution in [1.82, 2.24) is 5.32 Å². The van der Waals surface area contributed by atoms with Crippen LogP contribution in [0.2, 0.25) is 0 Å². The Morgan fingerprint density at radius 1 is 1.03 bits per heavy atom. The summed E-state index contributed by atoms with van der Waals surface area (Å²) in [7, 11) is 0. The van der Waals surface area contributed by atoms with E-state index in [1.54, 1.807) is 42.5 Å². The molecule has 0 unspecified atom stereocenters. The fraction of sp³-hybridized carbons (Fsp3) is 0.0909. The number of alkyl halides is 3. The Morgan fingerprint density at radius 2 is 1.74 bits per heavy atom. The van der Waals surface area contributed by atoms with Gasteiger partial charge >= 0.3 is 6.18 Å². The first kappa shape index (κ1) is 20.8. The third kappa shape index (κ3) is 5.00. The average molecular weight is 444 g/mol. The van der Waals surface area contributed by atoms with Crippen molar-refractivity contribution in [3.8, 4) is 17.1 Å². The quantitative estimate of drug-likeness (QED) is 0.526. The largest absolute Gasteiger partial charge is 0.508 e. The summed E-state index contributed by atoms with van der Waals surface area (Å²) >= 11 is 1.16. The van der Waals surface area contributed by atoms with Crippen LogP contribution >= 0.6 is 11.8 Å². The summed E-state index contributed by atoms with van der Waals surface area (Å²) in [6.45, 7) is 0.342. The van der Waals surface area contributed by atoms with E-state index in [1.807, 2.05) is 0 Å². The Labute approximate surface area is 179 Å². The number of nitrogens with zero attached hydrogens (tertiary/aromatic N) is 1. The maximum atomic E-state index is 12.7. The number of amides is 1. The summed E-state index contributed by atoms with van der Waals surface area (Å²) in [4.78, 5) is 16.9. The number of furan rings is 1. The molecule has 1 amide bonds. The number of thioether (sulfide) groups is 1. The highest BCUT2D eigenvalue weighted by Gasteiger charge is 2.30. The Morgan fingerprint density at radius 3 is 2.42 bits per heavy atom. The third-order valence-electron chi connectivity index (χ3n) is 4.39. The molecule has 0 radical (unpaired) electrons. The van der Waals surface area contributed by atoms with Crippen molar-refractivity contribution in [3.05, 3.63) is 82.5 Å². The van der Waals surface area contributed by atoms with Crippen LogP contribution in [0.3, 0.4) is 0 Å². The fourth-order valence-corrected chi connectivity index (χ4v) is 3.60. The highest BCUT2D eigenvalue weighted by molar-refractivity contribution is 8.18. The number of phenolic OH excluding ortho intramolecular Hbond substituents is 1. The first-order valence-corrected chi connectivity index (χ1v) is 9.90. The van der Waals surface area contributed by atoms with Crippen LogP contribution in [0.15, 0.2) is 75.0 Å². The van der Waals surface area contributed by atoms with E-state index in [4.69, 9.17) is 4.42 Å². The molecule has 158 valence electrons. The number of aliphatic imine (C=N–C) groups is 1. The summed E-state index contributed by atoms with van der Waals surface area (Å²) < 4.78 is 43.8. The van der Waals surface area contributed by atoms with Gasteiger partial charge < -0.3 is 14.8 Å². The minimum Gasteiger partial charge on any atom is -0.508 e. The molecular formula is C22H15F3N2O3S. The Kier molecular flexibility index (Phi) is 5.60. The number of halogens is 3. The number of carbonyl (C=O) groups excluding carboxylic acids is 1. The lowest BCUT2D eigenvalue weighted by Crippen LogP contribution is -2.19. The second-order valence-electron chi connectivity index (χ2n) is 6.63. The smallest absolute Gasteiger partial charge is 0.416 e. The Hall–Kier alpha value is -3.46. The van der Waals surface area contributed by atoms with Gasteiger partial charge in [0, 0.05) is 11.6 Å². The second kappa shape index (κ2) is 8.35. The molecule has 0 saturated carbocycles. The minimum atomic E-state index is -4.40. The van der Waals surface area contributed by atoms with Crippen LogP contribution < -0.4 is 5.32 Å². The van der Waals surface area contributed by atoms with Crippen molar-refractivity contribution >= 4 is 28.9 Å². The molecule has 31 heavy (non-hydrogen) atoms. The number of rotatable bonds is 4. The SMILES string of the molecule is O=C1NC(=NCc2ccc(O)cc2)S/C1=C\c1ccc(-c2ccc(C(F)(F)F)cc2)o1. The van der Waals surface area contributed by atoms with Crippen LogP contribution in [-0.4, -0.2) is 16.2 Å². The molecule has 0 atom stereocenters. The summed E-state index contributed by atoms with van der Waals surface area (Å²) in [5, 5.41) is 12.4. The molecular weight excluding hydrogens is 429 g/mol. The maximum absolute atomic E-state index is 12.7. The van der Waals surface area contributed by atoms with Gasteiger partial charge in [-0.2, -0.15) is 13.2 Å². The number of benzene rings is 2. The molecule has 1 aromatic heterocycles. The van der Waals surface area contributed by atoms with Gasteiger partial charge in [0.2, 0.25) is 0 Å². The molecule has 2 aromatic carbocycles. The van der Waals surface area contributed by atoms with Crippen LogP contribution in [0.1, 0.15) is 16.9 Å². The van der Waals surface area contributed by atoms with Gasteiger partial charge in [0.1, 0.15) is 17.3 Å². The van der Waals surface area contributed by atoms with E-state index in [0.29, 0.717) is 33.7 Å². The van der Waals surface area contributed by atoms with Gasteiger partial charge in [-0.1, -0.05) is 24.3 Å². The van der Waals surface area contributed by atoms with Crippen LogP contribution in [-0.2, 0) is 17.5 Å². The number of hydrogen-bond donors (Lipinski definition) is 2. The monoisotopic (exact) mass is 444 g/mol. The van der Waals surface area contributed by atoms with Crippen molar-refractivity contribution in [2.75, 3.05) is 0 Å². The summed E-state index contributed by atoms with van der Waals surface area (Å²) in [6, 6.07) is 14.5. The molecule has 0 aliphatic carbocycles. The summed E-state index contributed by atoms with van der Waals surface area (Å²) in [6.07, 6.45) is -2.84. The molecule has 1 aliphatic heterocycles. The zero-order valence-electron chi connectivity index (χ0n) is 15.8. The number of aromatic hydroxyl groups is 1. The number of amidine groups is 1. The van der Waals surface area contributed by atoms with E-state index in [2.05, 4.69) is 10.3 Å². The highest BCUT2D eigenvalue weighted by atomic mass is 32.2. The molecule has 2 heterocycles. The molecule has 5 nitrogen and oxygen atoms in total. The predicted octanol–water partition coefficient (Wildman–Crippen LogP) is 5.43. The van der Waals surface area contributed by atoms with E-state index < -0.39 is 11.7 Å². The van der Waals surface area contributed by atoms with Crippen LogP contribution in [0.25, 0.3) is 17.4 Å². The molecule has 1 fully saturated rings. The molecule has 9 heteroatoms. The average Bonchev–Trinajstić information content (AvgIpc) is 3.34. The number of hydrogen-bond acceptors (Lipinski definition) is 5. The molecule has 1 aliphatic rings. The Balaban J connectivity index is 1.45. The van der Waals surface area contributed by atoms with Gasteiger partial charge in [-0.15, -0.1) is 0 Å². The van der Waals surface area contributed by atoms with E-state index in [-0.39, 0.29) is 11.7 Å². The van der Waals surface area contributed by atoms with Gasteiger partial charge in [0.15, 0.2) is 5.17 Å². The fourth-order valence-electron chi connectivity index (χ4n) is 2.80. The van der Waals surface area contributed by atoms with Crippen molar-refractivity contribution < 1.29 is 27.5 Å². The van der Waals surface area contributed by atoms with Crippen molar-refractivity contribution in [2.24, 2.45) is 4.99 Å². The first-order valence-electron chi connectivity index (χ1n) is 9.09. The van der Waals surface area contributed by atoms with Crippen LogP contribution in [0, 0.1) is 0 Å². The topological polar surface area (TPSA) is 74.8 Å². The number of nitrogens with one attached hydrogen (secondary N) is 1. The lowest BCUT2D eigenvalue weighted by Gasteiger charge is -2.06. The van der Waals surface area contributed by atoms with Crippen LogP contribution in [0.5, 0.6) is 5.75 Å². The van der Waals surface area contributed by atoms with Crippen LogP contribution in [0.4, 0.5) is 13.2 Å². The maximum Gasteiger partial charge on any atom is 0.416 e. The van der Waals surface area contributed by atoms with E-state index >= 15 is 0 Å². The van der Waals surface area contributed by atoms with E-state index in [9.17, 15) is 23.1 Å². The molecule has 0 bridgehead atoms. The third-order valence-corrected chi connectivity index (χ3v) is 5.34. The molecule has 2 N–H and O–H groups in total. The number of carbonyl (C=O) groups is 1. The van der Waals surface area contributed by atoms with Crippen molar-refractivity contribution in [3.63, 3.8) is 0 Å². The molecule has 3 aromatic rings. The summed E-state index contributed by atoms with van der Waals surface area (Å²) in [5.74, 6) is 0.638. The second-order valence-corrected chi connectivity index (χ2v) is 7.66. The standard InChI is InChI=1S/C22H15F3N2O3S/c23-22(24,25)15-5-3-14(4-6-15)18-10-9-17(30-18)11-19-20(29)27-21(31-19)26-12-13-1-7-16(28)8-2-13/h1-11,28H,12H2,(H,26,27,29)/b19-11-. The lowest BCUT2D eigenvalue weighted by molar-refractivity contribution is -0.137. The Bertz CT molecular complexity index is 1160. The van der Waals surface area contributed by atoms with Crippen molar-refractivity contribution in [1.29, 1.82) is 0 Å².